The summed E-state index contributed by atoms with van der Waals surface area (Å²) >= 11 is 11.9. The number of carbonyl (C=O) groups excluding carboxylic acids is 1. The van der Waals surface area contributed by atoms with E-state index in [0.717, 1.165) is 19.3 Å². The topological polar surface area (TPSA) is 75.7 Å². The maximum absolute atomic E-state index is 12.9. The number of ether oxygens (including phenoxy) is 1. The van der Waals surface area contributed by atoms with Crippen LogP contribution in [0.2, 0.25) is 10.0 Å². The highest BCUT2D eigenvalue weighted by Crippen LogP contribution is 2.30. The molecule has 1 saturated heterocycles. The first-order valence-corrected chi connectivity index (χ1v) is 11.0. The van der Waals surface area contributed by atoms with Crippen molar-refractivity contribution in [1.29, 1.82) is 0 Å². The largest absolute Gasteiger partial charge is 0.496 e. The number of nitrogens with one attached hydrogen (secondary N) is 1. The summed E-state index contributed by atoms with van der Waals surface area (Å²) < 4.78 is 33.3. The number of methoxy groups -OCH3 is 1. The standard InChI is InChI=1S/C19H20Cl2N2O4S/c1-27-18-8-6-14(12-15(18)19(24)23-9-3-2-4-10-23)28(25,26)22-17-7-5-13(20)11-16(17)21/h5-8,11-12,22H,2-4,9-10H2,1H3. The lowest BCUT2D eigenvalue weighted by Crippen LogP contribution is -2.35. The van der Waals surface area contributed by atoms with Gasteiger partial charge in [-0.25, -0.2) is 8.42 Å². The molecule has 150 valence electrons. The van der Waals surface area contributed by atoms with E-state index in [9.17, 15) is 13.2 Å². The molecule has 1 aliphatic rings. The number of nitrogens with zero attached hydrogens (tertiary/aromatic N) is 1. The monoisotopic (exact) mass is 442 g/mol. The van der Waals surface area contributed by atoms with Crippen LogP contribution >= 0.6 is 23.2 Å². The Kier molecular flexibility index (Phi) is 6.37. The molecule has 1 heterocycles. The lowest BCUT2D eigenvalue weighted by molar-refractivity contribution is 0.0720. The Hall–Kier alpha value is -1.96. The second-order valence-corrected chi connectivity index (χ2v) is 8.97. The van der Waals surface area contributed by atoms with Crippen LogP contribution in [-0.2, 0) is 10.0 Å². The van der Waals surface area contributed by atoms with Crippen molar-refractivity contribution >= 4 is 44.8 Å². The summed E-state index contributed by atoms with van der Waals surface area (Å²) in [6, 6.07) is 8.66. The van der Waals surface area contributed by atoms with Crippen LogP contribution in [0.3, 0.4) is 0 Å². The number of sulfonamides is 1. The molecule has 1 aliphatic heterocycles. The third-order valence-corrected chi connectivity index (χ3v) is 6.44. The van der Waals surface area contributed by atoms with E-state index in [-0.39, 0.29) is 27.1 Å². The number of piperidine rings is 1. The fourth-order valence-corrected chi connectivity index (χ4v) is 4.68. The number of likely N-dealkylation sites (tertiary alicyclic amines) is 1. The Morgan fingerprint density at radius 2 is 1.79 bits per heavy atom. The molecule has 3 rings (SSSR count). The van der Waals surface area contributed by atoms with Crippen LogP contribution in [0.1, 0.15) is 29.6 Å². The number of hydrogen-bond acceptors (Lipinski definition) is 4. The Labute approximate surface area is 174 Å². The van der Waals surface area contributed by atoms with Crippen molar-refractivity contribution in [2.45, 2.75) is 24.2 Å². The summed E-state index contributed by atoms with van der Waals surface area (Å²) in [6.45, 7) is 1.30. The van der Waals surface area contributed by atoms with Gasteiger partial charge < -0.3 is 9.64 Å². The third kappa shape index (κ3) is 4.54. The molecule has 1 fully saturated rings. The van der Waals surface area contributed by atoms with Gasteiger partial charge in [-0.3, -0.25) is 9.52 Å². The van der Waals surface area contributed by atoms with Crippen molar-refractivity contribution in [3.63, 3.8) is 0 Å². The highest BCUT2D eigenvalue weighted by molar-refractivity contribution is 7.92. The summed E-state index contributed by atoms with van der Waals surface area (Å²) in [5.74, 6) is 0.0946. The average molecular weight is 443 g/mol. The Balaban J connectivity index is 1.94. The highest BCUT2D eigenvalue weighted by Gasteiger charge is 2.25. The van der Waals surface area contributed by atoms with Crippen LogP contribution in [-0.4, -0.2) is 39.4 Å². The van der Waals surface area contributed by atoms with Crippen LogP contribution in [0.15, 0.2) is 41.3 Å². The summed E-state index contributed by atoms with van der Waals surface area (Å²) in [4.78, 5) is 14.6. The first-order chi connectivity index (χ1) is 13.3. The highest BCUT2D eigenvalue weighted by atomic mass is 35.5. The van der Waals surface area contributed by atoms with Crippen LogP contribution in [0.25, 0.3) is 0 Å². The van der Waals surface area contributed by atoms with Gasteiger partial charge in [0, 0.05) is 18.1 Å². The average Bonchev–Trinajstić information content (AvgIpc) is 2.69. The predicted octanol–water partition coefficient (Wildman–Crippen LogP) is 4.43. The lowest BCUT2D eigenvalue weighted by atomic mass is 10.1. The second-order valence-electron chi connectivity index (χ2n) is 6.44. The fourth-order valence-electron chi connectivity index (χ4n) is 3.06. The van der Waals surface area contributed by atoms with Gasteiger partial charge in [0.15, 0.2) is 0 Å². The van der Waals surface area contributed by atoms with Crippen molar-refractivity contribution in [1.82, 2.24) is 4.90 Å². The number of benzene rings is 2. The van der Waals surface area contributed by atoms with Crippen molar-refractivity contribution < 1.29 is 17.9 Å². The van der Waals surface area contributed by atoms with E-state index in [4.69, 9.17) is 27.9 Å². The molecule has 1 amide bonds. The number of hydrogen-bond donors (Lipinski definition) is 1. The Bertz CT molecular complexity index is 989. The molecule has 9 heteroatoms. The van der Waals surface area contributed by atoms with Gasteiger partial charge in [0.05, 0.1) is 28.3 Å². The van der Waals surface area contributed by atoms with Crippen molar-refractivity contribution in [2.24, 2.45) is 0 Å². The summed E-state index contributed by atoms with van der Waals surface area (Å²) in [7, 11) is -2.52. The van der Waals surface area contributed by atoms with E-state index in [1.54, 1.807) is 4.90 Å². The zero-order valence-electron chi connectivity index (χ0n) is 15.2. The molecular weight excluding hydrogens is 423 g/mol. The van der Waals surface area contributed by atoms with Gasteiger partial charge in [0.25, 0.3) is 15.9 Å². The minimum atomic E-state index is -3.96. The van der Waals surface area contributed by atoms with Gasteiger partial charge >= 0.3 is 0 Å². The maximum atomic E-state index is 12.9. The van der Waals surface area contributed by atoms with Gasteiger partial charge in [-0.1, -0.05) is 23.2 Å². The summed E-state index contributed by atoms with van der Waals surface area (Å²) in [5, 5.41) is 0.570. The molecule has 0 spiro atoms. The first-order valence-electron chi connectivity index (χ1n) is 8.77. The van der Waals surface area contributed by atoms with E-state index in [2.05, 4.69) is 4.72 Å². The number of carbonyl (C=O) groups is 1. The van der Waals surface area contributed by atoms with Gasteiger partial charge in [-0.05, 0) is 55.7 Å². The van der Waals surface area contributed by atoms with Crippen molar-refractivity contribution in [3.8, 4) is 5.75 Å². The summed E-state index contributed by atoms with van der Waals surface area (Å²) in [5.41, 5.74) is 0.417. The number of rotatable bonds is 5. The van der Waals surface area contributed by atoms with Crippen LogP contribution in [0.4, 0.5) is 5.69 Å². The molecule has 0 aliphatic carbocycles. The van der Waals surface area contributed by atoms with Crippen molar-refractivity contribution in [3.05, 3.63) is 52.0 Å². The van der Waals surface area contributed by atoms with E-state index in [0.29, 0.717) is 23.9 Å². The first kappa shape index (κ1) is 20.8. The van der Waals surface area contributed by atoms with E-state index < -0.39 is 10.0 Å². The molecule has 2 aromatic carbocycles. The minimum Gasteiger partial charge on any atom is -0.496 e. The molecule has 0 bridgehead atoms. The van der Waals surface area contributed by atoms with E-state index in [1.807, 2.05) is 0 Å². The normalized spacial score (nSPS) is 14.6. The number of anilines is 1. The third-order valence-electron chi connectivity index (χ3n) is 4.53. The number of halogens is 2. The molecule has 2 aromatic rings. The van der Waals surface area contributed by atoms with E-state index in [1.165, 1.54) is 43.5 Å². The SMILES string of the molecule is COc1ccc(S(=O)(=O)Nc2ccc(Cl)cc2Cl)cc1C(=O)N1CCCCC1. The predicted molar refractivity (Wildman–Crippen MR) is 110 cm³/mol. The van der Waals surface area contributed by atoms with Crippen LogP contribution in [0, 0.1) is 0 Å². The van der Waals surface area contributed by atoms with Crippen molar-refractivity contribution in [2.75, 3.05) is 24.9 Å². The van der Waals surface area contributed by atoms with E-state index >= 15 is 0 Å². The molecule has 1 N–H and O–H groups in total. The molecular formula is C19H20Cl2N2O4S. The zero-order chi connectivity index (χ0) is 20.3. The van der Waals surface area contributed by atoms with Crippen LogP contribution in [0.5, 0.6) is 5.75 Å². The maximum Gasteiger partial charge on any atom is 0.261 e. The van der Waals surface area contributed by atoms with Gasteiger partial charge in [0.2, 0.25) is 0 Å². The lowest BCUT2D eigenvalue weighted by Gasteiger charge is -2.27. The quantitative estimate of drug-likeness (QED) is 0.742. The Morgan fingerprint density at radius 3 is 2.43 bits per heavy atom. The minimum absolute atomic E-state index is 0.0559. The molecule has 0 radical (unpaired) electrons. The Morgan fingerprint density at radius 1 is 1.07 bits per heavy atom. The molecule has 0 unspecified atom stereocenters. The van der Waals surface area contributed by atoms with Gasteiger partial charge in [-0.15, -0.1) is 0 Å². The smallest absolute Gasteiger partial charge is 0.261 e. The number of amides is 1. The molecule has 28 heavy (non-hydrogen) atoms. The molecule has 0 saturated carbocycles. The zero-order valence-corrected chi connectivity index (χ0v) is 17.6. The molecule has 0 atom stereocenters. The fraction of sp³-hybridized carbons (Fsp3) is 0.316. The summed E-state index contributed by atoms with van der Waals surface area (Å²) in [6.07, 6.45) is 2.95. The molecule has 0 aromatic heterocycles. The second kappa shape index (κ2) is 8.59. The van der Waals surface area contributed by atoms with Crippen LogP contribution < -0.4 is 9.46 Å². The molecule has 6 nitrogen and oxygen atoms in total. The van der Waals surface area contributed by atoms with Gasteiger partial charge in [0.1, 0.15) is 5.75 Å². The van der Waals surface area contributed by atoms with Gasteiger partial charge in [-0.2, -0.15) is 0 Å².